The molecule has 0 saturated heterocycles. The monoisotopic (exact) mass is 450 g/mol. The molecule has 11 heteroatoms. The van der Waals surface area contributed by atoms with Crippen LogP contribution in [0.25, 0.3) is 10.8 Å². The highest BCUT2D eigenvalue weighted by molar-refractivity contribution is 7.89. The minimum atomic E-state index is -4.12. The first-order valence-electron chi connectivity index (χ1n) is 8.83. The van der Waals surface area contributed by atoms with Gasteiger partial charge in [-0.25, -0.2) is 13.1 Å². The molecule has 0 aliphatic rings. The Kier molecular flexibility index (Phi) is 6.11. The summed E-state index contributed by atoms with van der Waals surface area (Å²) in [7, 11) is -2.71. The van der Waals surface area contributed by atoms with E-state index < -0.39 is 15.9 Å². The maximum atomic E-state index is 12.7. The molecule has 2 N–H and O–H groups in total. The third-order valence-electron chi connectivity index (χ3n) is 4.27. The Balaban J connectivity index is 1.93. The predicted molar refractivity (Wildman–Crippen MR) is 112 cm³/mol. The summed E-state index contributed by atoms with van der Waals surface area (Å²) in [5.74, 6) is -0.505. The first-order valence-corrected chi connectivity index (χ1v) is 10.7. The van der Waals surface area contributed by atoms with Crippen LogP contribution in [0.2, 0.25) is 5.02 Å². The fourth-order valence-corrected chi connectivity index (χ4v) is 3.96. The Bertz CT molecular complexity index is 1290. The number of methoxy groups -OCH3 is 1. The van der Waals surface area contributed by atoms with Crippen molar-refractivity contribution in [3.8, 4) is 5.75 Å². The number of benzene rings is 2. The number of ether oxygens (including phenoxy) is 1. The highest BCUT2D eigenvalue weighted by Gasteiger charge is 2.21. The highest BCUT2D eigenvalue weighted by Crippen LogP contribution is 2.26. The zero-order chi connectivity index (χ0) is 22.1. The van der Waals surface area contributed by atoms with E-state index in [1.807, 2.05) is 4.83 Å². The quantitative estimate of drug-likeness (QED) is 0.556. The second-order valence-electron chi connectivity index (χ2n) is 6.59. The molecule has 30 heavy (non-hydrogen) atoms. The second-order valence-corrected chi connectivity index (χ2v) is 8.68. The fraction of sp³-hybridized carbons (Fsp3) is 0.211. The Labute approximate surface area is 177 Å². The lowest BCUT2D eigenvalue weighted by atomic mass is 10.1. The number of hydrogen-bond acceptors (Lipinski definition) is 6. The highest BCUT2D eigenvalue weighted by atomic mass is 35.5. The van der Waals surface area contributed by atoms with Gasteiger partial charge in [0.05, 0.1) is 28.5 Å². The van der Waals surface area contributed by atoms with E-state index in [0.717, 1.165) is 0 Å². The molecule has 9 nitrogen and oxygen atoms in total. The van der Waals surface area contributed by atoms with Gasteiger partial charge >= 0.3 is 0 Å². The summed E-state index contributed by atoms with van der Waals surface area (Å²) in [5.41, 5.74) is 1.70. The van der Waals surface area contributed by atoms with Crippen LogP contribution in [0, 0.1) is 0 Å². The van der Waals surface area contributed by atoms with Gasteiger partial charge in [0.1, 0.15) is 5.75 Å². The van der Waals surface area contributed by atoms with Crippen molar-refractivity contribution in [1.29, 1.82) is 0 Å². The number of nitrogens with zero attached hydrogens (tertiary/aromatic N) is 2. The smallest absolute Gasteiger partial charge is 0.287 e. The SMILES string of the molecule is COc1ccc(S(=O)(=O)NNC(=O)c2nn(C(C)C)c(=O)c3ccccc23)cc1Cl. The molecule has 0 saturated carbocycles. The average Bonchev–Trinajstić information content (AvgIpc) is 2.72. The molecule has 0 radical (unpaired) electrons. The molecule has 1 amide bonds. The van der Waals surface area contributed by atoms with E-state index in [1.54, 1.807) is 38.1 Å². The molecule has 0 spiro atoms. The molecule has 3 aromatic rings. The lowest BCUT2D eigenvalue weighted by Gasteiger charge is -2.14. The number of nitrogens with one attached hydrogen (secondary N) is 2. The molecule has 0 atom stereocenters. The van der Waals surface area contributed by atoms with Crippen molar-refractivity contribution >= 4 is 38.3 Å². The number of hydrazine groups is 1. The summed E-state index contributed by atoms with van der Waals surface area (Å²) < 4.78 is 31.2. The number of carbonyl (C=O) groups is 1. The van der Waals surface area contributed by atoms with Crippen molar-refractivity contribution in [2.45, 2.75) is 24.8 Å². The fourth-order valence-electron chi connectivity index (χ4n) is 2.77. The number of hydrogen-bond donors (Lipinski definition) is 2. The van der Waals surface area contributed by atoms with Crippen molar-refractivity contribution in [1.82, 2.24) is 20.0 Å². The third kappa shape index (κ3) is 4.16. The van der Waals surface area contributed by atoms with Crippen LogP contribution in [0.15, 0.2) is 52.2 Å². The van der Waals surface area contributed by atoms with Gasteiger partial charge in [0, 0.05) is 5.39 Å². The topological polar surface area (TPSA) is 119 Å². The molecule has 3 rings (SSSR count). The Hall–Kier alpha value is -2.95. The standard InChI is InChI=1S/C19H19ClN4O5S/c1-11(2)24-19(26)14-7-5-4-6-13(14)17(22-24)18(25)21-23-30(27,28)12-8-9-16(29-3)15(20)10-12/h4-11,23H,1-3H3,(H,21,25). The molecule has 1 aromatic heterocycles. The van der Waals surface area contributed by atoms with Crippen molar-refractivity contribution in [3.63, 3.8) is 0 Å². The minimum Gasteiger partial charge on any atom is -0.495 e. The molecular weight excluding hydrogens is 432 g/mol. The zero-order valence-electron chi connectivity index (χ0n) is 16.3. The number of halogens is 1. The molecule has 158 valence electrons. The number of carbonyl (C=O) groups excluding carboxylic acids is 1. The van der Waals surface area contributed by atoms with E-state index in [4.69, 9.17) is 16.3 Å². The van der Waals surface area contributed by atoms with Crippen molar-refractivity contribution in [2.24, 2.45) is 0 Å². The molecule has 1 heterocycles. The number of fused-ring (bicyclic) bond motifs is 1. The zero-order valence-corrected chi connectivity index (χ0v) is 17.9. The van der Waals surface area contributed by atoms with Crippen LogP contribution in [-0.4, -0.2) is 31.2 Å². The molecule has 0 fully saturated rings. The maximum absolute atomic E-state index is 12.7. The largest absolute Gasteiger partial charge is 0.495 e. The Morgan fingerprint density at radius 1 is 1.17 bits per heavy atom. The van der Waals surface area contributed by atoms with E-state index in [2.05, 4.69) is 10.5 Å². The van der Waals surface area contributed by atoms with Crippen molar-refractivity contribution < 1.29 is 17.9 Å². The summed E-state index contributed by atoms with van der Waals surface area (Å²) in [5, 5.41) is 4.84. The van der Waals surface area contributed by atoms with Crippen molar-refractivity contribution in [2.75, 3.05) is 7.11 Å². The molecular formula is C19H19ClN4O5S. The summed E-state index contributed by atoms with van der Waals surface area (Å²) in [6.07, 6.45) is 0. The van der Waals surface area contributed by atoms with Gasteiger partial charge in [0.15, 0.2) is 5.69 Å². The van der Waals surface area contributed by atoms with E-state index in [0.29, 0.717) is 16.5 Å². The lowest BCUT2D eigenvalue weighted by Crippen LogP contribution is -2.42. The van der Waals surface area contributed by atoms with E-state index >= 15 is 0 Å². The molecule has 0 aliphatic heterocycles. The molecule has 2 aromatic carbocycles. The maximum Gasteiger partial charge on any atom is 0.287 e. The first-order chi connectivity index (χ1) is 14.2. The van der Waals surface area contributed by atoms with Gasteiger partial charge in [-0.05, 0) is 38.1 Å². The molecule has 0 unspecified atom stereocenters. The van der Waals surface area contributed by atoms with Crippen molar-refractivity contribution in [3.05, 3.63) is 63.5 Å². The predicted octanol–water partition coefficient (Wildman–Crippen LogP) is 2.26. The second kappa shape index (κ2) is 8.42. The minimum absolute atomic E-state index is 0.0886. The summed E-state index contributed by atoms with van der Waals surface area (Å²) in [6, 6.07) is 10.1. The van der Waals surface area contributed by atoms with Crippen LogP contribution >= 0.6 is 11.6 Å². The number of aromatic nitrogens is 2. The van der Waals surface area contributed by atoms with Crippen LogP contribution in [0.1, 0.15) is 30.4 Å². The third-order valence-corrected chi connectivity index (χ3v) is 5.81. The summed E-state index contributed by atoms with van der Waals surface area (Å²) in [6.45, 7) is 3.50. The van der Waals surface area contributed by atoms with E-state index in [-0.39, 0.29) is 27.2 Å². The molecule has 0 bridgehead atoms. The van der Waals surface area contributed by atoms with Crippen LogP contribution in [0.3, 0.4) is 0 Å². The van der Waals surface area contributed by atoms with Crippen LogP contribution in [-0.2, 0) is 10.0 Å². The summed E-state index contributed by atoms with van der Waals surface area (Å²) >= 11 is 5.97. The molecule has 0 aliphatic carbocycles. The van der Waals surface area contributed by atoms with Gasteiger partial charge in [-0.2, -0.15) is 5.10 Å². The Morgan fingerprint density at radius 2 is 1.83 bits per heavy atom. The van der Waals surface area contributed by atoms with E-state index in [9.17, 15) is 18.0 Å². The van der Waals surface area contributed by atoms with Gasteiger partial charge in [-0.1, -0.05) is 29.8 Å². The van der Waals surface area contributed by atoms with Gasteiger partial charge in [0.25, 0.3) is 21.5 Å². The van der Waals surface area contributed by atoms with Crippen LogP contribution < -0.4 is 20.6 Å². The normalized spacial score (nSPS) is 11.6. The number of sulfonamides is 1. The number of rotatable bonds is 6. The van der Waals surface area contributed by atoms with Gasteiger partial charge in [-0.3, -0.25) is 15.0 Å². The summed E-state index contributed by atoms with van der Waals surface area (Å²) in [4.78, 5) is 27.1. The lowest BCUT2D eigenvalue weighted by molar-refractivity contribution is 0.0939. The van der Waals surface area contributed by atoms with Gasteiger partial charge < -0.3 is 4.74 Å². The Morgan fingerprint density at radius 3 is 2.43 bits per heavy atom. The van der Waals surface area contributed by atoms with Crippen LogP contribution in [0.5, 0.6) is 5.75 Å². The average molecular weight is 451 g/mol. The van der Waals surface area contributed by atoms with Crippen LogP contribution in [0.4, 0.5) is 0 Å². The number of amides is 1. The first kappa shape index (κ1) is 21.8. The van der Waals surface area contributed by atoms with Gasteiger partial charge in [0.2, 0.25) is 0 Å². The van der Waals surface area contributed by atoms with Gasteiger partial charge in [-0.15, -0.1) is 4.83 Å². The van der Waals surface area contributed by atoms with E-state index in [1.165, 1.54) is 30.0 Å².